The molecule has 1 fully saturated rings. The van der Waals surface area contributed by atoms with Crippen LogP contribution in [0.3, 0.4) is 0 Å². The second-order valence-electron chi connectivity index (χ2n) is 3.39. The minimum absolute atomic E-state index is 0.136. The fraction of sp³-hybridized carbons (Fsp3) is 0.400. The number of morpholine rings is 1. The normalized spacial score (nSPS) is 16.4. The summed E-state index contributed by atoms with van der Waals surface area (Å²) in [7, 11) is 0. The van der Waals surface area contributed by atoms with Crippen molar-refractivity contribution in [3.63, 3.8) is 0 Å². The van der Waals surface area contributed by atoms with Crippen molar-refractivity contribution in [2.24, 2.45) is 0 Å². The predicted molar refractivity (Wildman–Crippen MR) is 54.5 cm³/mol. The highest BCUT2D eigenvalue weighted by atomic mass is 16.6. The van der Waals surface area contributed by atoms with E-state index in [1.54, 1.807) is 12.1 Å². The summed E-state index contributed by atoms with van der Waals surface area (Å²) in [6, 6.07) is 6.83. The molecule has 1 aromatic rings. The van der Waals surface area contributed by atoms with Crippen LogP contribution >= 0.6 is 0 Å². The first-order chi connectivity index (χ1) is 7.27. The molecule has 0 radical (unpaired) electrons. The zero-order valence-corrected chi connectivity index (χ0v) is 8.30. The standard InChI is InChI=1S/C10H13N2O3/c13-12(14)10-3-1-9(2-4-10)11-5-7-15-8-6-11/h1-4H,5-8H2,(H,13,14)/q+1. The third-order valence-electron chi connectivity index (χ3n) is 2.45. The highest BCUT2D eigenvalue weighted by Gasteiger charge is 2.14. The molecule has 0 saturated carbocycles. The van der Waals surface area contributed by atoms with Crippen molar-refractivity contribution in [1.82, 2.24) is 0 Å². The van der Waals surface area contributed by atoms with Crippen LogP contribution in [0.4, 0.5) is 11.4 Å². The Morgan fingerprint density at radius 3 is 2.33 bits per heavy atom. The van der Waals surface area contributed by atoms with Crippen LogP contribution in [-0.2, 0) is 4.74 Å². The van der Waals surface area contributed by atoms with E-state index in [9.17, 15) is 4.91 Å². The Kier molecular flexibility index (Phi) is 2.82. The first kappa shape index (κ1) is 9.92. The Bertz CT molecular complexity index is 344. The van der Waals surface area contributed by atoms with Gasteiger partial charge in [0.25, 0.3) is 4.92 Å². The van der Waals surface area contributed by atoms with E-state index < -0.39 is 0 Å². The lowest BCUT2D eigenvalue weighted by Crippen LogP contribution is -2.36. The molecule has 1 aromatic carbocycles. The minimum Gasteiger partial charge on any atom is -0.378 e. The van der Waals surface area contributed by atoms with Crippen molar-refractivity contribution < 1.29 is 14.9 Å². The number of benzene rings is 1. The van der Waals surface area contributed by atoms with Crippen LogP contribution in [0.5, 0.6) is 0 Å². The largest absolute Gasteiger partial charge is 0.378 e. The molecule has 1 aliphatic heterocycles. The van der Waals surface area contributed by atoms with Gasteiger partial charge in [0, 0.05) is 30.9 Å². The summed E-state index contributed by atoms with van der Waals surface area (Å²) in [5.41, 5.74) is 1.29. The number of anilines is 1. The van der Waals surface area contributed by atoms with Gasteiger partial charge in [0.1, 0.15) is 0 Å². The van der Waals surface area contributed by atoms with Crippen LogP contribution in [0.1, 0.15) is 0 Å². The van der Waals surface area contributed by atoms with Gasteiger partial charge in [-0.2, -0.15) is 0 Å². The molecule has 80 valence electrons. The van der Waals surface area contributed by atoms with Gasteiger partial charge in [-0.3, -0.25) is 0 Å². The number of ether oxygens (including phenoxy) is 1. The van der Waals surface area contributed by atoms with Gasteiger partial charge in [-0.1, -0.05) is 0 Å². The van der Waals surface area contributed by atoms with E-state index >= 15 is 0 Å². The van der Waals surface area contributed by atoms with Gasteiger partial charge in [0.2, 0.25) is 0 Å². The fourth-order valence-electron chi connectivity index (χ4n) is 1.61. The number of nitrogens with zero attached hydrogens (tertiary/aromatic N) is 2. The van der Waals surface area contributed by atoms with Crippen molar-refractivity contribution >= 4 is 11.4 Å². The quantitative estimate of drug-likeness (QED) is 0.746. The Hall–Kier alpha value is -1.62. The van der Waals surface area contributed by atoms with Crippen LogP contribution in [-0.4, -0.2) is 36.4 Å². The lowest BCUT2D eigenvalue weighted by Gasteiger charge is -2.28. The molecule has 15 heavy (non-hydrogen) atoms. The van der Waals surface area contributed by atoms with E-state index in [1.165, 1.54) is 0 Å². The first-order valence-corrected chi connectivity index (χ1v) is 4.86. The van der Waals surface area contributed by atoms with Crippen molar-refractivity contribution in [3.05, 3.63) is 29.2 Å². The van der Waals surface area contributed by atoms with E-state index in [0.29, 0.717) is 0 Å². The zero-order chi connectivity index (χ0) is 10.7. The monoisotopic (exact) mass is 209 g/mol. The number of hydrogen-bond donors (Lipinski definition) is 1. The maximum absolute atomic E-state index is 10.6. The molecule has 0 unspecified atom stereocenters. The van der Waals surface area contributed by atoms with Crippen LogP contribution in [0, 0.1) is 4.91 Å². The second-order valence-corrected chi connectivity index (χ2v) is 3.39. The maximum Gasteiger partial charge on any atom is 0.316 e. The van der Waals surface area contributed by atoms with Crippen LogP contribution in [0.15, 0.2) is 24.3 Å². The molecule has 1 heterocycles. The molecule has 0 spiro atoms. The SMILES string of the molecule is O=[N+](O)c1ccc(N2CCOCC2)cc1. The molecule has 0 bridgehead atoms. The molecule has 0 aromatic heterocycles. The number of hydrogen-bond acceptors (Lipinski definition) is 3. The highest BCUT2D eigenvalue weighted by Crippen LogP contribution is 2.19. The van der Waals surface area contributed by atoms with E-state index in [0.717, 1.165) is 32.0 Å². The first-order valence-electron chi connectivity index (χ1n) is 4.86. The molecule has 5 nitrogen and oxygen atoms in total. The third-order valence-corrected chi connectivity index (χ3v) is 2.45. The molecule has 1 saturated heterocycles. The van der Waals surface area contributed by atoms with E-state index in [2.05, 4.69) is 4.90 Å². The Labute approximate surface area is 87.4 Å². The summed E-state index contributed by atoms with van der Waals surface area (Å²) >= 11 is 0. The van der Waals surface area contributed by atoms with E-state index in [1.807, 2.05) is 12.1 Å². The fourth-order valence-corrected chi connectivity index (χ4v) is 1.61. The summed E-state index contributed by atoms with van der Waals surface area (Å²) < 4.78 is 5.24. The van der Waals surface area contributed by atoms with Crippen LogP contribution < -0.4 is 4.90 Å². The smallest absolute Gasteiger partial charge is 0.316 e. The highest BCUT2D eigenvalue weighted by molar-refractivity contribution is 5.50. The van der Waals surface area contributed by atoms with Crippen molar-refractivity contribution in [2.45, 2.75) is 0 Å². The summed E-state index contributed by atoms with van der Waals surface area (Å²) in [5, 5.41) is 8.67. The van der Waals surface area contributed by atoms with Gasteiger partial charge in [-0.15, -0.1) is 0 Å². The van der Waals surface area contributed by atoms with Gasteiger partial charge in [0.05, 0.1) is 18.1 Å². The molecular formula is C10H13N2O3+. The van der Waals surface area contributed by atoms with Crippen molar-refractivity contribution in [1.29, 1.82) is 0 Å². The summed E-state index contributed by atoms with van der Waals surface area (Å²) in [6.45, 7) is 3.18. The van der Waals surface area contributed by atoms with Gasteiger partial charge >= 0.3 is 5.69 Å². The van der Waals surface area contributed by atoms with E-state index in [-0.39, 0.29) is 10.6 Å². The molecule has 2 rings (SSSR count). The van der Waals surface area contributed by atoms with Crippen LogP contribution in [0.2, 0.25) is 0 Å². The maximum atomic E-state index is 10.6. The van der Waals surface area contributed by atoms with Crippen molar-refractivity contribution in [3.8, 4) is 0 Å². The Balaban J connectivity index is 2.11. The summed E-state index contributed by atoms with van der Waals surface area (Å²) in [6.07, 6.45) is 0. The number of rotatable bonds is 2. The second kappa shape index (κ2) is 4.27. The van der Waals surface area contributed by atoms with Gasteiger partial charge in [-0.25, -0.2) is 5.21 Å². The summed E-state index contributed by atoms with van der Waals surface area (Å²) in [5.74, 6) is 0. The van der Waals surface area contributed by atoms with Gasteiger partial charge < -0.3 is 9.64 Å². The Morgan fingerprint density at radius 1 is 1.20 bits per heavy atom. The third kappa shape index (κ3) is 2.24. The molecule has 1 N–H and O–H groups in total. The molecule has 1 aliphatic rings. The van der Waals surface area contributed by atoms with Gasteiger partial charge in [-0.05, 0) is 12.1 Å². The molecular weight excluding hydrogens is 196 g/mol. The average molecular weight is 209 g/mol. The topological polar surface area (TPSA) is 52.8 Å². The minimum atomic E-state index is -0.136. The lowest BCUT2D eigenvalue weighted by atomic mass is 10.2. The molecule has 5 heteroatoms. The molecule has 0 amide bonds. The lowest BCUT2D eigenvalue weighted by molar-refractivity contribution is -0.729. The van der Waals surface area contributed by atoms with E-state index in [4.69, 9.17) is 9.94 Å². The van der Waals surface area contributed by atoms with Crippen LogP contribution in [0.25, 0.3) is 0 Å². The molecule has 0 atom stereocenters. The molecule has 0 aliphatic carbocycles. The zero-order valence-electron chi connectivity index (χ0n) is 8.30. The van der Waals surface area contributed by atoms with Crippen molar-refractivity contribution in [2.75, 3.05) is 31.2 Å². The Morgan fingerprint density at radius 2 is 1.80 bits per heavy atom. The van der Waals surface area contributed by atoms with Gasteiger partial charge in [0.15, 0.2) is 0 Å². The average Bonchev–Trinajstić information content (AvgIpc) is 2.30. The summed E-state index contributed by atoms with van der Waals surface area (Å²) in [4.78, 5) is 12.6. The predicted octanol–water partition coefficient (Wildman–Crippen LogP) is 1.32.